The number of allylic oxidation sites excluding steroid dienone is 4. The smallest absolute Gasteiger partial charge is 0.0707 e. The number of hydrogen-bond donors (Lipinski definition) is 0. The van der Waals surface area contributed by atoms with E-state index >= 15 is 0 Å². The van der Waals surface area contributed by atoms with Crippen LogP contribution >= 0.6 is 0 Å². The van der Waals surface area contributed by atoms with Crippen molar-refractivity contribution >= 4 is 5.57 Å². The van der Waals surface area contributed by atoms with Crippen molar-refractivity contribution in [1.29, 1.82) is 0 Å². The van der Waals surface area contributed by atoms with E-state index in [1.54, 1.807) is 0 Å². The van der Waals surface area contributed by atoms with E-state index in [4.69, 9.17) is 0 Å². The molecule has 4 rings (SSSR count). The molecule has 1 aliphatic rings. The van der Waals surface area contributed by atoms with Crippen molar-refractivity contribution < 1.29 is 0 Å². The summed E-state index contributed by atoms with van der Waals surface area (Å²) < 4.78 is 0. The van der Waals surface area contributed by atoms with Crippen LogP contribution in [0, 0.1) is 0 Å². The molecule has 0 saturated carbocycles. The summed E-state index contributed by atoms with van der Waals surface area (Å²) >= 11 is 0. The van der Waals surface area contributed by atoms with E-state index in [9.17, 15) is 0 Å². The maximum absolute atomic E-state index is 4.56. The summed E-state index contributed by atoms with van der Waals surface area (Å²) in [5, 5.41) is 0. The Morgan fingerprint density at radius 2 is 1.10 bits per heavy atom. The fourth-order valence-electron chi connectivity index (χ4n) is 4.08. The van der Waals surface area contributed by atoms with Gasteiger partial charge >= 0.3 is 0 Å². The van der Waals surface area contributed by atoms with Crippen LogP contribution < -0.4 is 0 Å². The van der Waals surface area contributed by atoms with Crippen LogP contribution in [-0.2, 0) is 5.41 Å². The molecule has 0 atom stereocenters. The molecule has 1 aliphatic carbocycles. The zero-order valence-electron chi connectivity index (χ0n) is 18.2. The monoisotopic (exact) mass is 396 g/mol. The van der Waals surface area contributed by atoms with Crippen LogP contribution in [0.4, 0.5) is 0 Å². The molecule has 0 spiro atoms. The summed E-state index contributed by atoms with van der Waals surface area (Å²) in [5.41, 5.74) is 6.90. The number of rotatable bonds is 3. The third-order valence-electron chi connectivity index (χ3n) is 5.10. The second-order valence-corrected chi connectivity index (χ2v) is 6.32. The topological polar surface area (TPSA) is 0 Å². The maximum atomic E-state index is 4.56. The molecule has 0 radical (unpaired) electrons. The molecule has 0 fully saturated rings. The Labute approximate surface area is 184 Å². The second-order valence-electron chi connectivity index (χ2n) is 6.32. The third kappa shape index (κ3) is 4.09. The van der Waals surface area contributed by atoms with Gasteiger partial charge in [0.25, 0.3) is 0 Å². The average Bonchev–Trinajstić information content (AvgIpc) is 3.07. The normalized spacial score (nSPS) is 14.3. The standard InChI is InChI=1S/C25H20.2C2H6.CH4/c1-3-12-22-19(2)25(20-13-6-4-7-14-20,21-15-8-5-9-16-21)24-18-11-10-17-23(22)24;2*1-2;/h3-18H,1-2H2;2*1-2H3;1H4/b22-12+;;;. The molecule has 0 heteroatoms. The second kappa shape index (κ2) is 11.8. The van der Waals surface area contributed by atoms with Gasteiger partial charge in [-0.2, -0.15) is 0 Å². The Hall–Kier alpha value is -3.12. The lowest BCUT2D eigenvalue weighted by Gasteiger charge is -2.33. The average molecular weight is 397 g/mol. The highest BCUT2D eigenvalue weighted by Gasteiger charge is 2.46. The van der Waals surface area contributed by atoms with E-state index in [1.807, 2.05) is 33.8 Å². The van der Waals surface area contributed by atoms with E-state index in [0.717, 1.165) is 5.57 Å². The van der Waals surface area contributed by atoms with Crippen LogP contribution in [0.5, 0.6) is 0 Å². The highest BCUT2D eigenvalue weighted by Crippen LogP contribution is 2.56. The van der Waals surface area contributed by atoms with Gasteiger partial charge in [-0.05, 0) is 33.4 Å². The molecule has 0 aromatic heterocycles. The summed E-state index contributed by atoms with van der Waals surface area (Å²) in [6, 6.07) is 30.0. The molecule has 30 heavy (non-hydrogen) atoms. The molecule has 0 saturated heterocycles. The van der Waals surface area contributed by atoms with Crippen molar-refractivity contribution in [2.45, 2.75) is 40.5 Å². The van der Waals surface area contributed by atoms with Crippen molar-refractivity contribution in [3.05, 3.63) is 138 Å². The van der Waals surface area contributed by atoms with Gasteiger partial charge < -0.3 is 0 Å². The lowest BCUT2D eigenvalue weighted by Crippen LogP contribution is -2.28. The Kier molecular flexibility index (Phi) is 9.78. The molecule has 3 aromatic carbocycles. The SMILES string of the molecule is C.C=C/C=C1\C(=C)C(c2ccccc2)(c2ccccc2)c2ccccc21.CC.CC. The van der Waals surface area contributed by atoms with Crippen LogP contribution in [-0.4, -0.2) is 0 Å². The molecule has 0 amide bonds. The first-order valence-corrected chi connectivity index (χ1v) is 10.5. The maximum Gasteiger partial charge on any atom is 0.0707 e. The van der Waals surface area contributed by atoms with Crippen molar-refractivity contribution in [3.63, 3.8) is 0 Å². The molecule has 3 aromatic rings. The molecule has 0 nitrogen and oxygen atoms in total. The zero-order valence-corrected chi connectivity index (χ0v) is 18.2. The summed E-state index contributed by atoms with van der Waals surface area (Å²) in [6.07, 6.45) is 3.93. The highest BCUT2D eigenvalue weighted by molar-refractivity contribution is 5.94. The van der Waals surface area contributed by atoms with Gasteiger partial charge in [0.2, 0.25) is 0 Å². The molecule has 156 valence electrons. The van der Waals surface area contributed by atoms with Gasteiger partial charge in [0.15, 0.2) is 0 Å². The van der Waals surface area contributed by atoms with Gasteiger partial charge in [0.05, 0.1) is 5.41 Å². The Balaban J connectivity index is 0.000000851. The van der Waals surface area contributed by atoms with E-state index in [0.29, 0.717) is 0 Å². The molecule has 0 heterocycles. The van der Waals surface area contributed by atoms with Gasteiger partial charge in [-0.25, -0.2) is 0 Å². The van der Waals surface area contributed by atoms with Crippen LogP contribution in [0.3, 0.4) is 0 Å². The number of benzene rings is 3. The van der Waals surface area contributed by atoms with E-state index < -0.39 is 0 Å². The first-order chi connectivity index (χ1) is 14.3. The summed E-state index contributed by atoms with van der Waals surface area (Å²) in [4.78, 5) is 0. The van der Waals surface area contributed by atoms with Crippen molar-refractivity contribution in [3.8, 4) is 0 Å². The quantitative estimate of drug-likeness (QED) is 0.415. The van der Waals surface area contributed by atoms with Crippen LogP contribution in [0.15, 0.2) is 116 Å². The van der Waals surface area contributed by atoms with Gasteiger partial charge in [-0.1, -0.05) is 145 Å². The lowest BCUT2D eigenvalue weighted by molar-refractivity contribution is 0.772. The van der Waals surface area contributed by atoms with Crippen LogP contribution in [0.25, 0.3) is 5.57 Å². The summed E-state index contributed by atoms with van der Waals surface area (Å²) in [7, 11) is 0. The zero-order chi connectivity index (χ0) is 21.3. The fourth-order valence-corrected chi connectivity index (χ4v) is 4.08. The molecule has 0 bridgehead atoms. The van der Waals surface area contributed by atoms with Crippen molar-refractivity contribution in [1.82, 2.24) is 0 Å². The minimum absolute atomic E-state index is 0. The van der Waals surface area contributed by atoms with Gasteiger partial charge in [0.1, 0.15) is 0 Å². The Bertz CT molecular complexity index is 920. The number of fused-ring (bicyclic) bond motifs is 1. The van der Waals surface area contributed by atoms with Crippen LogP contribution in [0.2, 0.25) is 0 Å². The largest absolute Gasteiger partial charge is 0.0990 e. The predicted octanol–water partition coefficient (Wildman–Crippen LogP) is 8.85. The van der Waals surface area contributed by atoms with Gasteiger partial charge in [-0.15, -0.1) is 0 Å². The first-order valence-electron chi connectivity index (χ1n) is 10.5. The predicted molar refractivity (Wildman–Crippen MR) is 136 cm³/mol. The van der Waals surface area contributed by atoms with Crippen molar-refractivity contribution in [2.75, 3.05) is 0 Å². The molecule has 0 aliphatic heterocycles. The molecule has 0 N–H and O–H groups in total. The Morgan fingerprint density at radius 1 is 0.667 bits per heavy atom. The fraction of sp³-hybridized carbons (Fsp3) is 0.200. The van der Waals surface area contributed by atoms with Crippen LogP contribution in [0.1, 0.15) is 57.4 Å². The lowest BCUT2D eigenvalue weighted by atomic mass is 9.68. The highest BCUT2D eigenvalue weighted by atomic mass is 14.5. The molecular formula is C30H36. The minimum atomic E-state index is -0.367. The third-order valence-corrected chi connectivity index (χ3v) is 5.10. The van der Waals surface area contributed by atoms with Gasteiger partial charge in [-0.3, -0.25) is 0 Å². The molecule has 0 unspecified atom stereocenters. The summed E-state index contributed by atoms with van der Waals surface area (Å²) in [5.74, 6) is 0. The summed E-state index contributed by atoms with van der Waals surface area (Å²) in [6.45, 7) is 16.5. The Morgan fingerprint density at radius 3 is 1.57 bits per heavy atom. The van der Waals surface area contributed by atoms with Gasteiger partial charge in [0, 0.05) is 0 Å². The minimum Gasteiger partial charge on any atom is -0.0990 e. The number of hydrogen-bond acceptors (Lipinski definition) is 0. The van der Waals surface area contributed by atoms with E-state index in [2.05, 4.69) is 104 Å². The first kappa shape index (κ1) is 24.9. The molecular weight excluding hydrogens is 360 g/mol. The van der Waals surface area contributed by atoms with E-state index in [-0.39, 0.29) is 12.8 Å². The van der Waals surface area contributed by atoms with E-state index in [1.165, 1.54) is 27.8 Å². The van der Waals surface area contributed by atoms with Crippen molar-refractivity contribution in [2.24, 2.45) is 0 Å².